The van der Waals surface area contributed by atoms with Crippen molar-refractivity contribution >= 4 is 7.82 Å². The maximum atomic E-state index is 8.88. The fourth-order valence-corrected chi connectivity index (χ4v) is 0. The molecule has 8 heavy (non-hydrogen) atoms. The van der Waals surface area contributed by atoms with Crippen LogP contribution < -0.4 is 0 Å². The number of hydrogen-bond donors (Lipinski definition) is 3. The Balaban J connectivity index is 0. The number of hydrogen-bond acceptors (Lipinski definition) is 1. The fraction of sp³-hybridized carbons (Fsp3) is 1.00. The molecule has 0 spiro atoms. The van der Waals surface area contributed by atoms with E-state index in [9.17, 15) is 0 Å². The number of phosphoric acid groups is 1. The van der Waals surface area contributed by atoms with Crippen molar-refractivity contribution in [1.29, 1.82) is 0 Å². The third kappa shape index (κ3) is 412. The van der Waals surface area contributed by atoms with Gasteiger partial charge in [-0.2, -0.15) is 0 Å². The second-order valence-electron chi connectivity index (χ2n) is 1.22. The van der Waals surface area contributed by atoms with E-state index in [1.165, 1.54) is 0 Å². The molecule has 0 heterocycles. The van der Waals surface area contributed by atoms with Gasteiger partial charge in [0.25, 0.3) is 0 Å². The van der Waals surface area contributed by atoms with E-state index in [-0.39, 0.29) is 17.1 Å². The summed E-state index contributed by atoms with van der Waals surface area (Å²) in [7, 11) is -4.64. The van der Waals surface area contributed by atoms with Gasteiger partial charge in [-0.1, -0.05) is 0 Å². The topological polar surface area (TPSA) is 77.8 Å². The summed E-state index contributed by atoms with van der Waals surface area (Å²) in [4.78, 5) is 21.6. The Labute approximate surface area is 55.8 Å². The first-order valence-electron chi connectivity index (χ1n) is 2.20. The molecule has 0 bridgehead atoms. The van der Waals surface area contributed by atoms with Gasteiger partial charge in [0.15, 0.2) is 0 Å². The minimum atomic E-state index is -4.64. The molecule has 0 fully saturated rings. The third-order valence-corrected chi connectivity index (χ3v) is 0. The van der Waals surface area contributed by atoms with Crippen molar-refractivity contribution < 1.29 is 36.4 Å². The quantitative estimate of drug-likeness (QED) is 0.380. The van der Waals surface area contributed by atoms with Crippen molar-refractivity contribution in [1.82, 2.24) is 0 Å². The van der Waals surface area contributed by atoms with E-state index < -0.39 is 7.82 Å². The van der Waals surface area contributed by atoms with Crippen molar-refractivity contribution in [2.45, 2.75) is 11.0 Å². The van der Waals surface area contributed by atoms with Crippen LogP contribution in [0.1, 0.15) is 0 Å². The molecule has 0 aliphatic heterocycles. The molecular weight excluding hydrogens is 184 g/mol. The van der Waals surface area contributed by atoms with Gasteiger partial charge < -0.3 is 14.7 Å². The van der Waals surface area contributed by atoms with Crippen LogP contribution in [0.15, 0.2) is 0 Å². The van der Waals surface area contributed by atoms with Crippen molar-refractivity contribution in [3.8, 4) is 0 Å². The molecule has 4 nitrogen and oxygen atoms in total. The second-order valence-corrected chi connectivity index (χ2v) is 5.21. The summed E-state index contributed by atoms with van der Waals surface area (Å²) in [5, 5.41) is 0. The molecule has 0 aliphatic rings. The average molecular weight is 193 g/mol. The molecule has 0 amide bonds. The predicted octanol–water partition coefficient (Wildman–Crippen LogP) is 0.236. The van der Waals surface area contributed by atoms with Crippen molar-refractivity contribution in [2.24, 2.45) is 0 Å². The van der Waals surface area contributed by atoms with E-state index in [1.807, 2.05) is 0 Å². The Morgan fingerprint density at radius 1 is 1.25 bits per heavy atom. The predicted molar refractivity (Wildman–Crippen MR) is 26.0 cm³/mol. The molecule has 3 N–H and O–H groups in total. The zero-order valence-electron chi connectivity index (χ0n) is 4.90. The third-order valence-electron chi connectivity index (χ3n) is 0. The molecule has 0 rings (SSSR count). The Hall–Kier alpha value is 0.733. The van der Waals surface area contributed by atoms with Crippen LogP contribution in [0.25, 0.3) is 0 Å². The van der Waals surface area contributed by atoms with Crippen LogP contribution >= 0.6 is 7.82 Å². The monoisotopic (exact) mass is 192 g/mol. The molecule has 0 aromatic rings. The summed E-state index contributed by atoms with van der Waals surface area (Å²) in [5.74, 6) is 0. The zero-order valence-corrected chi connectivity index (χ0v) is 8.77. The van der Waals surface area contributed by atoms with Gasteiger partial charge in [0.2, 0.25) is 0 Å². The van der Waals surface area contributed by atoms with Crippen LogP contribution in [-0.4, -0.2) is 14.7 Å². The summed E-state index contributed by atoms with van der Waals surface area (Å²) in [5.41, 5.74) is 4.62. The van der Waals surface area contributed by atoms with Gasteiger partial charge in [-0.05, 0) is 0 Å². The molecule has 0 aliphatic carbocycles. The molecule has 0 aromatic heterocycles. The Morgan fingerprint density at radius 3 is 1.25 bits per heavy atom. The van der Waals surface area contributed by atoms with Crippen LogP contribution in [0.3, 0.4) is 0 Å². The van der Waals surface area contributed by atoms with E-state index in [0.717, 1.165) is 0 Å². The summed E-state index contributed by atoms with van der Waals surface area (Å²) in [6.45, 7) is 0. The second kappa shape index (κ2) is 5.86. The molecule has 0 saturated carbocycles. The van der Waals surface area contributed by atoms with Gasteiger partial charge in [0.05, 0.1) is 0 Å². The fourth-order valence-electron chi connectivity index (χ4n) is 0. The summed E-state index contributed by atoms with van der Waals surface area (Å²) < 4.78 is 8.88. The molecule has 6 heteroatoms. The van der Waals surface area contributed by atoms with Crippen LogP contribution in [0.5, 0.6) is 0 Å². The Kier molecular flexibility index (Phi) is 8.44. The van der Waals surface area contributed by atoms with E-state index in [2.05, 4.69) is 11.0 Å². The van der Waals surface area contributed by atoms with Crippen LogP contribution in [0.2, 0.25) is 11.0 Å². The number of rotatable bonds is 0. The van der Waals surface area contributed by atoms with Gasteiger partial charge in [-0.15, -0.1) is 0 Å². The molecule has 0 aromatic carbocycles. The maximum absolute atomic E-state index is 8.88. The van der Waals surface area contributed by atoms with Crippen LogP contribution in [-0.2, 0) is 21.7 Å². The Bertz CT molecular complexity index is 69.8. The molecule has 0 radical (unpaired) electrons. The molecule has 0 saturated heterocycles. The first-order valence-corrected chi connectivity index (χ1v) is 9.70. The van der Waals surface area contributed by atoms with Gasteiger partial charge >= 0.3 is 36.0 Å². The molecule has 0 atom stereocenters. The van der Waals surface area contributed by atoms with E-state index in [0.29, 0.717) is 0 Å². The first-order chi connectivity index (χ1) is 3.41. The van der Waals surface area contributed by atoms with Crippen LogP contribution in [0, 0.1) is 0 Å². The minimum absolute atomic E-state index is 0.125. The van der Waals surface area contributed by atoms with Gasteiger partial charge in [-0.25, -0.2) is 4.57 Å². The van der Waals surface area contributed by atoms with E-state index in [4.69, 9.17) is 19.2 Å². The zero-order chi connectivity index (χ0) is 7.21. The van der Waals surface area contributed by atoms with Crippen molar-refractivity contribution in [3.05, 3.63) is 0 Å². The molecular formula is C2H9O4PZn. The van der Waals surface area contributed by atoms with Gasteiger partial charge in [-0.3, -0.25) is 0 Å². The average Bonchev–Trinajstić information content (AvgIpc) is 1.27. The van der Waals surface area contributed by atoms with Crippen molar-refractivity contribution in [2.75, 3.05) is 0 Å². The van der Waals surface area contributed by atoms with Crippen LogP contribution in [0.4, 0.5) is 0 Å². The SMILES string of the molecule is O=P(O)(O)O.[CH3][Zn][CH3]. The van der Waals surface area contributed by atoms with E-state index in [1.54, 1.807) is 0 Å². The Morgan fingerprint density at radius 2 is 1.25 bits per heavy atom. The molecule has 0 unspecified atom stereocenters. The van der Waals surface area contributed by atoms with Crippen molar-refractivity contribution in [3.63, 3.8) is 0 Å². The first kappa shape index (κ1) is 11.5. The van der Waals surface area contributed by atoms with Gasteiger partial charge in [0, 0.05) is 0 Å². The normalized spacial score (nSPS) is 8.62. The van der Waals surface area contributed by atoms with Gasteiger partial charge in [0.1, 0.15) is 0 Å². The summed E-state index contributed by atoms with van der Waals surface area (Å²) >= 11 is 0.125. The molecule has 48 valence electrons. The summed E-state index contributed by atoms with van der Waals surface area (Å²) in [6, 6.07) is 0. The van der Waals surface area contributed by atoms with E-state index >= 15 is 0 Å². The standard InChI is InChI=1S/2CH3.H3O4P.Zn/c;;1-5(2,3)4;/h2*1H3;(H3,1,2,3,4);. The summed E-state index contributed by atoms with van der Waals surface area (Å²) in [6.07, 6.45) is 0.